The average Bonchev–Trinajstić information content (AvgIpc) is 3.64. The Balaban J connectivity index is 1.09. The van der Waals surface area contributed by atoms with E-state index in [1.807, 2.05) is 12.1 Å². The lowest BCUT2D eigenvalue weighted by molar-refractivity contribution is 0.409. The van der Waals surface area contributed by atoms with E-state index in [0.29, 0.717) is 0 Å². The summed E-state index contributed by atoms with van der Waals surface area (Å²) in [7, 11) is 0. The van der Waals surface area contributed by atoms with Gasteiger partial charge in [-0.1, -0.05) is 158 Å². The van der Waals surface area contributed by atoms with E-state index in [1.165, 1.54) is 22.3 Å². The van der Waals surface area contributed by atoms with Crippen molar-refractivity contribution in [1.82, 2.24) is 10.6 Å². The van der Waals surface area contributed by atoms with Crippen molar-refractivity contribution in [3.63, 3.8) is 0 Å². The van der Waals surface area contributed by atoms with E-state index < -0.39 is 0 Å². The molecule has 252 valence electrons. The summed E-state index contributed by atoms with van der Waals surface area (Å²) in [5.41, 5.74) is 12.1. The van der Waals surface area contributed by atoms with Gasteiger partial charge in [-0.3, -0.25) is 5.32 Å². The van der Waals surface area contributed by atoms with Crippen LogP contribution in [-0.2, 0) is 0 Å². The van der Waals surface area contributed by atoms with Gasteiger partial charge in [0.25, 0.3) is 0 Å². The van der Waals surface area contributed by atoms with E-state index in [1.54, 1.807) is 0 Å². The number of hydrogen-bond acceptors (Lipinski definition) is 4. The van der Waals surface area contributed by atoms with Gasteiger partial charge in [-0.05, 0) is 80.2 Å². The predicted octanol–water partition coefficient (Wildman–Crippen LogP) is 12.1. The summed E-state index contributed by atoms with van der Waals surface area (Å²) in [6.07, 6.45) is -0.435. The average molecular weight is 682 g/mol. The van der Waals surface area contributed by atoms with Crippen LogP contribution in [-0.4, -0.2) is 5.84 Å². The summed E-state index contributed by atoms with van der Waals surface area (Å²) < 4.78 is 6.64. The molecule has 0 amide bonds. The number of furan rings is 1. The standard InChI is InChI=1S/C49H35N3O/c1-4-13-32(14-5-1)34-23-25-36(26-24-34)48-50-47(35-17-8-3-9-18-35)51-49(52-48)39-20-12-19-38(30-39)43-31-40-29-37(33-15-6-2-7-16-33)27-28-41(40)46-45(43)42-21-10-11-22-44(42)53-46/h1-31,48-49,52H,(H,50,51). The summed E-state index contributed by atoms with van der Waals surface area (Å²) in [6, 6.07) is 66.4. The Morgan fingerprint density at radius 2 is 1.08 bits per heavy atom. The molecule has 1 aliphatic rings. The van der Waals surface area contributed by atoms with Gasteiger partial charge in [-0.15, -0.1) is 0 Å². The first-order valence-corrected chi connectivity index (χ1v) is 18.1. The van der Waals surface area contributed by atoms with Crippen LogP contribution >= 0.6 is 0 Å². The number of rotatable bonds is 6. The Labute approximate surface area is 308 Å². The van der Waals surface area contributed by atoms with E-state index in [0.717, 1.165) is 66.4 Å². The molecule has 2 heterocycles. The Morgan fingerprint density at radius 1 is 0.453 bits per heavy atom. The van der Waals surface area contributed by atoms with Gasteiger partial charge in [0.15, 0.2) is 0 Å². The normalized spacial score (nSPS) is 15.7. The van der Waals surface area contributed by atoms with Crippen LogP contribution in [0.3, 0.4) is 0 Å². The number of hydrogen-bond donors (Lipinski definition) is 2. The topological polar surface area (TPSA) is 49.6 Å². The van der Waals surface area contributed by atoms with Gasteiger partial charge in [-0.2, -0.15) is 0 Å². The van der Waals surface area contributed by atoms with Crippen molar-refractivity contribution in [1.29, 1.82) is 0 Å². The largest absolute Gasteiger partial charge is 0.455 e. The van der Waals surface area contributed by atoms with Crippen LogP contribution in [0.2, 0.25) is 0 Å². The maximum atomic E-state index is 6.64. The van der Waals surface area contributed by atoms with Gasteiger partial charge in [0.05, 0.1) is 0 Å². The fraction of sp³-hybridized carbons (Fsp3) is 0.0408. The van der Waals surface area contributed by atoms with Gasteiger partial charge >= 0.3 is 0 Å². The Morgan fingerprint density at radius 3 is 1.83 bits per heavy atom. The third-order valence-electron chi connectivity index (χ3n) is 10.3. The number of para-hydroxylation sites is 1. The molecule has 0 spiro atoms. The molecule has 1 aliphatic heterocycles. The fourth-order valence-electron chi connectivity index (χ4n) is 7.68. The fourth-order valence-corrected chi connectivity index (χ4v) is 7.68. The quantitative estimate of drug-likeness (QED) is 0.184. The van der Waals surface area contributed by atoms with Crippen LogP contribution in [0.5, 0.6) is 0 Å². The van der Waals surface area contributed by atoms with E-state index in [-0.39, 0.29) is 12.3 Å². The van der Waals surface area contributed by atoms with Crippen LogP contribution in [0, 0.1) is 0 Å². The van der Waals surface area contributed by atoms with Crippen molar-refractivity contribution in [3.05, 3.63) is 205 Å². The molecule has 2 N–H and O–H groups in total. The van der Waals surface area contributed by atoms with Crippen LogP contribution in [0.15, 0.2) is 197 Å². The molecule has 4 nitrogen and oxygen atoms in total. The molecule has 53 heavy (non-hydrogen) atoms. The van der Waals surface area contributed by atoms with Crippen molar-refractivity contribution < 1.29 is 4.42 Å². The second-order valence-corrected chi connectivity index (χ2v) is 13.6. The van der Waals surface area contributed by atoms with Crippen LogP contribution in [0.4, 0.5) is 0 Å². The Hall–Kier alpha value is -6.75. The number of amidine groups is 1. The highest BCUT2D eigenvalue weighted by Gasteiger charge is 2.26. The number of aliphatic imine (C=N–C) groups is 1. The maximum Gasteiger partial charge on any atom is 0.143 e. The van der Waals surface area contributed by atoms with Crippen LogP contribution < -0.4 is 10.6 Å². The number of fused-ring (bicyclic) bond motifs is 5. The van der Waals surface area contributed by atoms with E-state index in [2.05, 4.69) is 187 Å². The van der Waals surface area contributed by atoms with Crippen molar-refractivity contribution in [2.75, 3.05) is 0 Å². The molecule has 2 unspecified atom stereocenters. The first-order valence-electron chi connectivity index (χ1n) is 18.1. The maximum absolute atomic E-state index is 6.64. The summed E-state index contributed by atoms with van der Waals surface area (Å²) >= 11 is 0. The predicted molar refractivity (Wildman–Crippen MR) is 219 cm³/mol. The zero-order valence-corrected chi connectivity index (χ0v) is 28.9. The summed E-state index contributed by atoms with van der Waals surface area (Å²) in [4.78, 5) is 5.27. The molecule has 0 saturated carbocycles. The molecule has 0 saturated heterocycles. The second kappa shape index (κ2) is 13.1. The molecule has 4 heteroatoms. The molecular weight excluding hydrogens is 647 g/mol. The van der Waals surface area contributed by atoms with Crippen molar-refractivity contribution in [3.8, 4) is 33.4 Å². The summed E-state index contributed by atoms with van der Waals surface area (Å²) in [6.45, 7) is 0. The molecule has 0 aliphatic carbocycles. The van der Waals surface area contributed by atoms with Gasteiger partial charge in [0.1, 0.15) is 29.3 Å². The van der Waals surface area contributed by atoms with Crippen LogP contribution in [0.25, 0.3) is 66.1 Å². The second-order valence-electron chi connectivity index (χ2n) is 13.6. The third-order valence-corrected chi connectivity index (χ3v) is 10.3. The molecular formula is C49H35N3O. The molecule has 0 fully saturated rings. The Bertz CT molecular complexity index is 2770. The highest BCUT2D eigenvalue weighted by atomic mass is 16.3. The molecule has 2 atom stereocenters. The molecule has 9 aromatic rings. The lowest BCUT2D eigenvalue weighted by Gasteiger charge is -2.32. The lowest BCUT2D eigenvalue weighted by atomic mass is 9.92. The SMILES string of the molecule is c1ccc(C2=NC(c3cccc(-c4cc5cc(-c6ccccc6)ccc5c5oc6ccccc6c45)c3)NC(c3ccc(-c4ccccc4)cc3)N2)cc1. The summed E-state index contributed by atoms with van der Waals surface area (Å²) in [5, 5.41) is 12.0. The van der Waals surface area contributed by atoms with E-state index in [9.17, 15) is 0 Å². The smallest absolute Gasteiger partial charge is 0.143 e. The minimum absolute atomic E-state index is 0.150. The zero-order chi connectivity index (χ0) is 35.1. The molecule has 8 aromatic carbocycles. The van der Waals surface area contributed by atoms with E-state index >= 15 is 0 Å². The highest BCUT2D eigenvalue weighted by molar-refractivity contribution is 6.21. The first kappa shape index (κ1) is 31.0. The van der Waals surface area contributed by atoms with Gasteiger partial charge in [0, 0.05) is 21.7 Å². The zero-order valence-electron chi connectivity index (χ0n) is 28.9. The monoisotopic (exact) mass is 681 g/mol. The van der Waals surface area contributed by atoms with Crippen molar-refractivity contribution in [2.45, 2.75) is 12.3 Å². The third kappa shape index (κ3) is 5.76. The minimum atomic E-state index is -0.285. The number of nitrogens with zero attached hydrogens (tertiary/aromatic N) is 1. The molecule has 10 rings (SSSR count). The van der Waals surface area contributed by atoms with Gasteiger partial charge in [0.2, 0.25) is 0 Å². The first-order chi connectivity index (χ1) is 26.2. The highest BCUT2D eigenvalue weighted by Crippen LogP contribution is 2.42. The molecule has 1 aromatic heterocycles. The Kier molecular flexibility index (Phi) is 7.67. The number of benzene rings is 8. The minimum Gasteiger partial charge on any atom is -0.455 e. The van der Waals surface area contributed by atoms with Gasteiger partial charge in [-0.25, -0.2) is 4.99 Å². The van der Waals surface area contributed by atoms with Crippen LogP contribution in [0.1, 0.15) is 29.0 Å². The lowest BCUT2D eigenvalue weighted by Crippen LogP contribution is -2.44. The molecule has 0 radical (unpaired) electrons. The van der Waals surface area contributed by atoms with E-state index in [4.69, 9.17) is 9.41 Å². The summed E-state index contributed by atoms with van der Waals surface area (Å²) in [5.74, 6) is 0.860. The number of nitrogens with one attached hydrogen (secondary N) is 2. The van der Waals surface area contributed by atoms with Crippen molar-refractivity contribution >= 4 is 38.5 Å². The molecule has 0 bridgehead atoms. The van der Waals surface area contributed by atoms with Crippen molar-refractivity contribution in [2.24, 2.45) is 4.99 Å². The van der Waals surface area contributed by atoms with Gasteiger partial charge < -0.3 is 9.73 Å².